The summed E-state index contributed by atoms with van der Waals surface area (Å²) in [5, 5.41) is 3.35. The minimum absolute atomic E-state index is 0.805. The van der Waals surface area contributed by atoms with Gasteiger partial charge in [-0.25, -0.2) is 9.97 Å². The lowest BCUT2D eigenvalue weighted by atomic mass is 10.1. The summed E-state index contributed by atoms with van der Waals surface area (Å²) in [5.41, 5.74) is 3.59. The molecule has 4 nitrogen and oxygen atoms in total. The Balaban J connectivity index is 2.68. The molecule has 1 aromatic heterocycles. The molecule has 0 radical (unpaired) electrons. The second kappa shape index (κ2) is 7.44. The van der Waals surface area contributed by atoms with E-state index in [0.29, 0.717) is 0 Å². The second-order valence-electron chi connectivity index (χ2n) is 4.98. The van der Waals surface area contributed by atoms with Crippen LogP contribution in [-0.2, 0) is 13.0 Å². The summed E-state index contributed by atoms with van der Waals surface area (Å²) in [4.78, 5) is 11.3. The van der Waals surface area contributed by atoms with Crippen molar-refractivity contribution in [3.05, 3.63) is 22.8 Å². The summed E-state index contributed by atoms with van der Waals surface area (Å²) in [6, 6.07) is 0. The first-order valence-electron chi connectivity index (χ1n) is 6.73. The summed E-state index contributed by atoms with van der Waals surface area (Å²) in [5.74, 6) is 0.922. The lowest BCUT2D eigenvalue weighted by molar-refractivity contribution is 0.389. The molecule has 102 valence electrons. The first kappa shape index (κ1) is 15.1. The molecule has 0 saturated carbocycles. The van der Waals surface area contributed by atoms with Crippen molar-refractivity contribution in [2.24, 2.45) is 0 Å². The van der Waals surface area contributed by atoms with Crippen molar-refractivity contribution in [2.75, 3.05) is 27.2 Å². The predicted octanol–water partition coefficient (Wildman–Crippen LogP) is 1.70. The molecule has 0 aliphatic carbocycles. The monoisotopic (exact) mass is 250 g/mol. The average Bonchev–Trinajstić information content (AvgIpc) is 2.26. The van der Waals surface area contributed by atoms with Crippen LogP contribution >= 0.6 is 0 Å². The molecule has 0 spiro atoms. The van der Waals surface area contributed by atoms with Gasteiger partial charge < -0.3 is 10.2 Å². The predicted molar refractivity (Wildman–Crippen MR) is 75.8 cm³/mol. The fourth-order valence-electron chi connectivity index (χ4n) is 2.09. The van der Waals surface area contributed by atoms with Gasteiger partial charge >= 0.3 is 0 Å². The first-order chi connectivity index (χ1) is 8.54. The molecule has 0 aliphatic rings. The SMILES string of the molecule is CCNCCCc1c(C)nc(CN(C)C)nc1C. The van der Waals surface area contributed by atoms with Crippen LogP contribution in [0.1, 0.15) is 36.1 Å². The summed E-state index contributed by atoms with van der Waals surface area (Å²) < 4.78 is 0. The zero-order valence-corrected chi connectivity index (χ0v) is 12.4. The van der Waals surface area contributed by atoms with Gasteiger partial charge in [-0.1, -0.05) is 6.92 Å². The summed E-state index contributed by atoms with van der Waals surface area (Å²) in [6.45, 7) is 9.23. The lowest BCUT2D eigenvalue weighted by Gasteiger charge is -2.13. The molecule has 18 heavy (non-hydrogen) atoms. The quantitative estimate of drug-likeness (QED) is 0.748. The Kier molecular flexibility index (Phi) is 6.22. The maximum absolute atomic E-state index is 4.60. The van der Waals surface area contributed by atoms with E-state index in [9.17, 15) is 0 Å². The van der Waals surface area contributed by atoms with Crippen LogP contribution in [0.4, 0.5) is 0 Å². The highest BCUT2D eigenvalue weighted by atomic mass is 15.1. The average molecular weight is 250 g/mol. The number of aromatic nitrogens is 2. The Hall–Kier alpha value is -1.00. The zero-order valence-electron chi connectivity index (χ0n) is 12.4. The molecule has 0 amide bonds. The Morgan fingerprint density at radius 3 is 2.22 bits per heavy atom. The molecular formula is C14H26N4. The van der Waals surface area contributed by atoms with Crippen LogP contribution < -0.4 is 5.32 Å². The highest BCUT2D eigenvalue weighted by Gasteiger charge is 2.08. The number of aryl methyl sites for hydroxylation is 2. The maximum Gasteiger partial charge on any atom is 0.142 e. The number of rotatable bonds is 7. The second-order valence-corrected chi connectivity index (χ2v) is 4.98. The van der Waals surface area contributed by atoms with Gasteiger partial charge in [0, 0.05) is 11.4 Å². The van der Waals surface area contributed by atoms with Crippen molar-refractivity contribution in [3.8, 4) is 0 Å². The Bertz CT molecular complexity index is 351. The molecule has 1 heterocycles. The van der Waals surface area contributed by atoms with E-state index in [4.69, 9.17) is 0 Å². The van der Waals surface area contributed by atoms with Gasteiger partial charge in [-0.3, -0.25) is 0 Å². The highest BCUT2D eigenvalue weighted by Crippen LogP contribution is 2.13. The van der Waals surface area contributed by atoms with Crippen molar-refractivity contribution in [3.63, 3.8) is 0 Å². The minimum Gasteiger partial charge on any atom is -0.317 e. The lowest BCUT2D eigenvalue weighted by Crippen LogP contribution is -2.17. The molecule has 0 atom stereocenters. The van der Waals surface area contributed by atoms with Gasteiger partial charge in [0.15, 0.2) is 0 Å². The molecule has 0 unspecified atom stereocenters. The van der Waals surface area contributed by atoms with Crippen molar-refractivity contribution in [1.29, 1.82) is 0 Å². The summed E-state index contributed by atoms with van der Waals surface area (Å²) in [6.07, 6.45) is 2.21. The van der Waals surface area contributed by atoms with Crippen LogP contribution in [0.3, 0.4) is 0 Å². The fraction of sp³-hybridized carbons (Fsp3) is 0.714. The molecule has 1 aromatic rings. The van der Waals surface area contributed by atoms with Crippen LogP contribution in [0.2, 0.25) is 0 Å². The van der Waals surface area contributed by atoms with Crippen molar-refractivity contribution in [1.82, 2.24) is 20.2 Å². The van der Waals surface area contributed by atoms with Crippen LogP contribution in [0, 0.1) is 13.8 Å². The van der Waals surface area contributed by atoms with E-state index in [2.05, 4.69) is 41.0 Å². The third-order valence-corrected chi connectivity index (χ3v) is 2.95. The van der Waals surface area contributed by atoms with E-state index in [1.807, 2.05) is 14.1 Å². The van der Waals surface area contributed by atoms with E-state index in [0.717, 1.165) is 49.7 Å². The number of nitrogens with zero attached hydrogens (tertiary/aromatic N) is 3. The van der Waals surface area contributed by atoms with Crippen molar-refractivity contribution < 1.29 is 0 Å². The molecule has 4 heteroatoms. The topological polar surface area (TPSA) is 41.1 Å². The number of hydrogen-bond acceptors (Lipinski definition) is 4. The van der Waals surface area contributed by atoms with E-state index in [1.165, 1.54) is 5.56 Å². The van der Waals surface area contributed by atoms with Crippen LogP contribution in [-0.4, -0.2) is 42.1 Å². The fourth-order valence-corrected chi connectivity index (χ4v) is 2.09. The molecule has 0 aliphatic heterocycles. The van der Waals surface area contributed by atoms with E-state index < -0.39 is 0 Å². The smallest absolute Gasteiger partial charge is 0.142 e. The van der Waals surface area contributed by atoms with Crippen molar-refractivity contribution in [2.45, 2.75) is 40.2 Å². The van der Waals surface area contributed by atoms with Gasteiger partial charge in [-0.15, -0.1) is 0 Å². The Morgan fingerprint density at radius 1 is 1.11 bits per heavy atom. The van der Waals surface area contributed by atoms with E-state index in [-0.39, 0.29) is 0 Å². The molecular weight excluding hydrogens is 224 g/mol. The Morgan fingerprint density at radius 2 is 1.72 bits per heavy atom. The van der Waals surface area contributed by atoms with Gasteiger partial charge in [0.2, 0.25) is 0 Å². The highest BCUT2D eigenvalue weighted by molar-refractivity contribution is 5.24. The van der Waals surface area contributed by atoms with Gasteiger partial charge in [0.05, 0.1) is 6.54 Å². The van der Waals surface area contributed by atoms with Gasteiger partial charge in [-0.2, -0.15) is 0 Å². The molecule has 0 saturated heterocycles. The molecule has 1 rings (SSSR count). The van der Waals surface area contributed by atoms with Gasteiger partial charge in [0.25, 0.3) is 0 Å². The minimum atomic E-state index is 0.805. The maximum atomic E-state index is 4.60. The standard InChI is InChI=1S/C14H26N4/c1-6-15-9-7-8-13-11(2)16-14(10-18(4)5)17-12(13)3/h15H,6-10H2,1-5H3. The Labute approximate surface area is 111 Å². The summed E-state index contributed by atoms with van der Waals surface area (Å²) >= 11 is 0. The number of hydrogen-bond donors (Lipinski definition) is 1. The van der Waals surface area contributed by atoms with Crippen molar-refractivity contribution >= 4 is 0 Å². The third kappa shape index (κ3) is 4.70. The normalized spacial score (nSPS) is 11.2. The van der Waals surface area contributed by atoms with Crippen LogP contribution in [0.5, 0.6) is 0 Å². The first-order valence-corrected chi connectivity index (χ1v) is 6.73. The van der Waals surface area contributed by atoms with Crippen LogP contribution in [0.25, 0.3) is 0 Å². The van der Waals surface area contributed by atoms with E-state index in [1.54, 1.807) is 0 Å². The van der Waals surface area contributed by atoms with E-state index >= 15 is 0 Å². The molecule has 0 aromatic carbocycles. The van der Waals surface area contributed by atoms with Gasteiger partial charge in [0.1, 0.15) is 5.82 Å². The van der Waals surface area contributed by atoms with Gasteiger partial charge in [-0.05, 0) is 59.4 Å². The zero-order chi connectivity index (χ0) is 13.5. The summed E-state index contributed by atoms with van der Waals surface area (Å²) in [7, 11) is 4.08. The number of nitrogens with one attached hydrogen (secondary N) is 1. The molecule has 0 bridgehead atoms. The molecule has 0 fully saturated rings. The largest absolute Gasteiger partial charge is 0.317 e. The van der Waals surface area contributed by atoms with Crippen LogP contribution in [0.15, 0.2) is 0 Å². The molecule has 1 N–H and O–H groups in total. The third-order valence-electron chi connectivity index (χ3n) is 2.95.